The molecule has 0 spiro atoms. The molecule has 0 fully saturated rings. The molecule has 2 heterocycles. The van der Waals surface area contributed by atoms with Crippen LogP contribution in [0.15, 0.2) is 42.6 Å². The fourth-order valence-electron chi connectivity index (χ4n) is 2.54. The van der Waals surface area contributed by atoms with Gasteiger partial charge in [-0.1, -0.05) is 35.8 Å². The van der Waals surface area contributed by atoms with Crippen LogP contribution < -0.4 is 5.46 Å². The van der Waals surface area contributed by atoms with E-state index >= 15 is 0 Å². The number of fused-ring (bicyclic) bond motifs is 5. The highest BCUT2D eigenvalue weighted by molar-refractivity contribution is 6.39. The number of nitrogens with one attached hydrogen (secondary N) is 2. The van der Waals surface area contributed by atoms with E-state index in [2.05, 4.69) is 34.2 Å². The summed E-state index contributed by atoms with van der Waals surface area (Å²) >= 11 is 0. The molecule has 17 heavy (non-hydrogen) atoms. The molecule has 0 bridgehead atoms. The SMILES string of the molecule is [B]c1cccc2c1[nH]c1c2ccc2cc[nH]c21. The second-order valence-corrected chi connectivity index (χ2v) is 4.32. The van der Waals surface area contributed by atoms with Crippen LogP contribution in [0.4, 0.5) is 0 Å². The van der Waals surface area contributed by atoms with Crippen molar-refractivity contribution in [3.8, 4) is 0 Å². The van der Waals surface area contributed by atoms with Crippen molar-refractivity contribution in [3.05, 3.63) is 42.6 Å². The molecule has 0 aliphatic heterocycles. The molecule has 0 unspecified atom stereocenters. The summed E-state index contributed by atoms with van der Waals surface area (Å²) in [4.78, 5) is 6.69. The Morgan fingerprint density at radius 1 is 0.824 bits per heavy atom. The summed E-state index contributed by atoms with van der Waals surface area (Å²) < 4.78 is 0. The number of H-pyrrole nitrogens is 2. The van der Waals surface area contributed by atoms with Gasteiger partial charge in [0.15, 0.2) is 0 Å². The van der Waals surface area contributed by atoms with E-state index in [4.69, 9.17) is 7.85 Å². The quantitative estimate of drug-likeness (QED) is 0.423. The second kappa shape index (κ2) is 2.95. The molecule has 4 aromatic rings. The molecule has 0 saturated heterocycles. The molecule has 2 aromatic carbocycles. The van der Waals surface area contributed by atoms with Crippen molar-refractivity contribution in [2.45, 2.75) is 0 Å². The van der Waals surface area contributed by atoms with Gasteiger partial charge >= 0.3 is 0 Å². The molecule has 2 N–H and O–H groups in total. The summed E-state index contributed by atoms with van der Waals surface area (Å²) in [6.45, 7) is 0. The fraction of sp³-hybridized carbons (Fsp3) is 0. The first-order chi connectivity index (χ1) is 8.34. The number of hydrogen-bond acceptors (Lipinski definition) is 0. The summed E-state index contributed by atoms with van der Waals surface area (Å²) in [6, 6.07) is 12.4. The number of aromatic amines is 2. The first-order valence-electron chi connectivity index (χ1n) is 5.60. The lowest BCUT2D eigenvalue weighted by Crippen LogP contribution is -2.01. The highest BCUT2D eigenvalue weighted by atomic mass is 14.8. The van der Waals surface area contributed by atoms with Crippen LogP contribution in [-0.4, -0.2) is 17.8 Å². The monoisotopic (exact) mass is 216 g/mol. The molecular weight excluding hydrogens is 207 g/mol. The van der Waals surface area contributed by atoms with Crippen molar-refractivity contribution < 1.29 is 0 Å². The predicted molar refractivity (Wildman–Crippen MR) is 73.0 cm³/mol. The molecule has 78 valence electrons. The molecule has 4 rings (SSSR count). The van der Waals surface area contributed by atoms with Gasteiger partial charge in [0.05, 0.1) is 11.0 Å². The Balaban J connectivity index is 2.36. The summed E-state index contributed by atoms with van der Waals surface area (Å²) in [5.74, 6) is 0. The van der Waals surface area contributed by atoms with Crippen molar-refractivity contribution in [2.24, 2.45) is 0 Å². The van der Waals surface area contributed by atoms with Crippen LogP contribution in [0.5, 0.6) is 0 Å². The molecular formula is C14H9BN2. The van der Waals surface area contributed by atoms with Gasteiger partial charge in [0.1, 0.15) is 7.85 Å². The molecule has 0 aliphatic carbocycles. The molecule has 2 nitrogen and oxygen atoms in total. The Labute approximate surface area is 99.0 Å². The third-order valence-electron chi connectivity index (χ3n) is 3.36. The number of aromatic nitrogens is 2. The minimum absolute atomic E-state index is 0.790. The minimum atomic E-state index is 0.790. The Hall–Kier alpha value is -2.16. The first kappa shape index (κ1) is 8.94. The maximum atomic E-state index is 6.00. The molecule has 0 saturated carbocycles. The Morgan fingerprint density at radius 3 is 2.65 bits per heavy atom. The predicted octanol–water partition coefficient (Wildman–Crippen LogP) is 2.60. The summed E-state index contributed by atoms with van der Waals surface area (Å²) in [5, 5.41) is 3.60. The van der Waals surface area contributed by atoms with Crippen LogP contribution in [0, 0.1) is 0 Å². The molecule has 0 atom stereocenters. The van der Waals surface area contributed by atoms with Gasteiger partial charge in [0.2, 0.25) is 0 Å². The highest BCUT2D eigenvalue weighted by Gasteiger charge is 2.08. The fourth-order valence-corrected chi connectivity index (χ4v) is 2.54. The topological polar surface area (TPSA) is 31.6 Å². The van der Waals surface area contributed by atoms with Gasteiger partial charge in [-0.15, -0.1) is 0 Å². The lowest BCUT2D eigenvalue weighted by molar-refractivity contribution is 1.47. The van der Waals surface area contributed by atoms with Crippen LogP contribution in [0.25, 0.3) is 32.7 Å². The summed E-state index contributed by atoms with van der Waals surface area (Å²) in [7, 11) is 6.00. The molecule has 0 aliphatic rings. The van der Waals surface area contributed by atoms with Gasteiger partial charge in [-0.2, -0.15) is 0 Å². The summed E-state index contributed by atoms with van der Waals surface area (Å²) in [6.07, 6.45) is 1.96. The van der Waals surface area contributed by atoms with Gasteiger partial charge in [-0.25, -0.2) is 0 Å². The average molecular weight is 216 g/mol. The Morgan fingerprint density at radius 2 is 1.71 bits per heavy atom. The van der Waals surface area contributed by atoms with Gasteiger partial charge in [0.25, 0.3) is 0 Å². The van der Waals surface area contributed by atoms with E-state index in [9.17, 15) is 0 Å². The number of benzene rings is 2. The van der Waals surface area contributed by atoms with Crippen LogP contribution in [-0.2, 0) is 0 Å². The zero-order chi connectivity index (χ0) is 11.4. The van der Waals surface area contributed by atoms with E-state index in [1.165, 1.54) is 16.2 Å². The standard InChI is InChI=1S/C14H9BN2/c15-11-3-1-2-9-10-5-4-8-6-7-16-12(8)14(10)17-13(9)11/h1-7,16-17H. The van der Waals surface area contributed by atoms with Crippen LogP contribution >= 0.6 is 0 Å². The maximum absolute atomic E-state index is 6.00. The zero-order valence-electron chi connectivity index (χ0n) is 9.12. The summed E-state index contributed by atoms with van der Waals surface area (Å²) in [5.41, 5.74) is 4.07. The lowest BCUT2D eigenvalue weighted by atomic mass is 9.93. The van der Waals surface area contributed by atoms with E-state index < -0.39 is 0 Å². The molecule has 3 heteroatoms. The smallest absolute Gasteiger partial charge is 0.116 e. The number of para-hydroxylation sites is 1. The molecule has 2 radical (unpaired) electrons. The Kier molecular flexibility index (Phi) is 1.55. The van der Waals surface area contributed by atoms with Gasteiger partial charge in [0, 0.05) is 27.9 Å². The van der Waals surface area contributed by atoms with E-state index in [0.29, 0.717) is 0 Å². The van der Waals surface area contributed by atoms with E-state index in [-0.39, 0.29) is 0 Å². The molecule has 2 aromatic heterocycles. The Bertz CT molecular complexity index is 854. The number of rotatable bonds is 0. The molecule has 0 amide bonds. The second-order valence-electron chi connectivity index (χ2n) is 4.32. The van der Waals surface area contributed by atoms with E-state index in [0.717, 1.165) is 22.0 Å². The van der Waals surface area contributed by atoms with Crippen LogP contribution in [0.1, 0.15) is 0 Å². The van der Waals surface area contributed by atoms with Crippen molar-refractivity contribution in [2.75, 3.05) is 0 Å². The van der Waals surface area contributed by atoms with Crippen LogP contribution in [0.2, 0.25) is 0 Å². The van der Waals surface area contributed by atoms with Crippen LogP contribution in [0.3, 0.4) is 0 Å². The first-order valence-corrected chi connectivity index (χ1v) is 5.60. The minimum Gasteiger partial charge on any atom is -0.359 e. The van der Waals surface area contributed by atoms with Gasteiger partial charge in [-0.05, 0) is 6.07 Å². The maximum Gasteiger partial charge on any atom is 0.116 e. The average Bonchev–Trinajstić information content (AvgIpc) is 2.91. The van der Waals surface area contributed by atoms with Crippen molar-refractivity contribution in [1.82, 2.24) is 9.97 Å². The largest absolute Gasteiger partial charge is 0.359 e. The van der Waals surface area contributed by atoms with E-state index in [1.54, 1.807) is 0 Å². The van der Waals surface area contributed by atoms with Gasteiger partial charge < -0.3 is 9.97 Å². The zero-order valence-corrected chi connectivity index (χ0v) is 9.12. The number of hydrogen-bond donors (Lipinski definition) is 2. The lowest BCUT2D eigenvalue weighted by Gasteiger charge is -1.94. The third-order valence-corrected chi connectivity index (χ3v) is 3.36. The highest BCUT2D eigenvalue weighted by Crippen LogP contribution is 2.29. The van der Waals surface area contributed by atoms with E-state index in [1.807, 2.05) is 18.3 Å². The van der Waals surface area contributed by atoms with Crippen molar-refractivity contribution >= 4 is 46.0 Å². The normalized spacial score (nSPS) is 11.8. The van der Waals surface area contributed by atoms with Gasteiger partial charge in [-0.3, -0.25) is 0 Å². The van der Waals surface area contributed by atoms with Crippen molar-refractivity contribution in [3.63, 3.8) is 0 Å². The van der Waals surface area contributed by atoms with Crippen molar-refractivity contribution in [1.29, 1.82) is 0 Å². The third kappa shape index (κ3) is 1.06.